The number of Topliss-reactive ketones (excluding diaryl/α,β-unsaturated/α-hetero) is 1. The number of hydrogen-bond donors (Lipinski definition) is 2. The second-order valence-electron chi connectivity index (χ2n) is 8.43. The first-order chi connectivity index (χ1) is 14.5. The van der Waals surface area contributed by atoms with Gasteiger partial charge in [-0.15, -0.1) is 0 Å². The van der Waals surface area contributed by atoms with Crippen LogP contribution in [-0.4, -0.2) is 15.6 Å². The van der Waals surface area contributed by atoms with Crippen molar-refractivity contribution in [3.8, 4) is 5.75 Å². The second-order valence-corrected chi connectivity index (χ2v) is 9.60. The Balaban J connectivity index is 1.94. The second kappa shape index (κ2) is 7.76. The van der Waals surface area contributed by atoms with Crippen LogP contribution in [0.5, 0.6) is 5.75 Å². The summed E-state index contributed by atoms with van der Waals surface area (Å²) >= 11 is 0. The highest BCUT2D eigenvalue weighted by molar-refractivity contribution is 7.46. The van der Waals surface area contributed by atoms with Crippen molar-refractivity contribution in [3.05, 3.63) is 99.1 Å². The van der Waals surface area contributed by atoms with E-state index in [4.69, 9.17) is 4.52 Å². The van der Waals surface area contributed by atoms with E-state index in [9.17, 15) is 19.1 Å². The average molecular weight is 436 g/mol. The molecular formula is C25H25O5P. The maximum absolute atomic E-state index is 13.6. The van der Waals surface area contributed by atoms with Crippen molar-refractivity contribution < 1.29 is 23.7 Å². The van der Waals surface area contributed by atoms with Crippen LogP contribution in [-0.2, 0) is 4.57 Å². The standard InChI is InChI=1S/C25H25O5P/c1-14-5-7-18(8-6-14)24-23(22-17(4)9-15(2)12-21(22)25(24)26)19-10-16(3)11-20(13-19)30-31(27,28)29/h5-13,23-24H,1-4H3,(H2,27,28,29)/t23-,24+/m1/s1. The molecule has 0 aliphatic heterocycles. The molecule has 4 rings (SSSR count). The minimum Gasteiger partial charge on any atom is -0.404 e. The number of carbonyl (C=O) groups is 1. The predicted molar refractivity (Wildman–Crippen MR) is 120 cm³/mol. The molecule has 2 N–H and O–H groups in total. The molecule has 0 saturated heterocycles. The smallest absolute Gasteiger partial charge is 0.404 e. The molecule has 1 aliphatic carbocycles. The van der Waals surface area contributed by atoms with E-state index in [1.54, 1.807) is 12.1 Å². The number of hydrogen-bond acceptors (Lipinski definition) is 3. The summed E-state index contributed by atoms with van der Waals surface area (Å²) in [6, 6.07) is 17.2. The molecule has 0 bridgehead atoms. The number of carbonyl (C=O) groups excluding carboxylic acids is 1. The highest BCUT2D eigenvalue weighted by Gasteiger charge is 2.42. The summed E-state index contributed by atoms with van der Waals surface area (Å²) < 4.78 is 16.3. The summed E-state index contributed by atoms with van der Waals surface area (Å²) in [6.07, 6.45) is 0. The topological polar surface area (TPSA) is 83.8 Å². The molecule has 0 unspecified atom stereocenters. The highest BCUT2D eigenvalue weighted by atomic mass is 31.2. The molecule has 0 spiro atoms. The van der Waals surface area contributed by atoms with Crippen LogP contribution in [0, 0.1) is 27.7 Å². The van der Waals surface area contributed by atoms with E-state index in [-0.39, 0.29) is 17.5 Å². The summed E-state index contributed by atoms with van der Waals surface area (Å²) in [5, 5.41) is 0. The van der Waals surface area contributed by atoms with Crippen molar-refractivity contribution >= 4 is 13.6 Å². The first-order valence-corrected chi connectivity index (χ1v) is 11.6. The van der Waals surface area contributed by atoms with Gasteiger partial charge in [0.1, 0.15) is 5.75 Å². The molecule has 31 heavy (non-hydrogen) atoms. The minimum absolute atomic E-state index is 0.0645. The summed E-state index contributed by atoms with van der Waals surface area (Å²) in [6.45, 7) is 7.84. The van der Waals surface area contributed by atoms with E-state index in [1.165, 1.54) is 0 Å². The number of benzene rings is 3. The zero-order valence-electron chi connectivity index (χ0n) is 17.9. The molecule has 0 heterocycles. The van der Waals surface area contributed by atoms with Gasteiger partial charge in [-0.2, -0.15) is 0 Å². The van der Waals surface area contributed by atoms with Crippen LogP contribution in [0.3, 0.4) is 0 Å². The lowest BCUT2D eigenvalue weighted by Gasteiger charge is -2.23. The fraction of sp³-hybridized carbons (Fsp3) is 0.240. The van der Waals surface area contributed by atoms with Gasteiger partial charge in [0.05, 0.1) is 5.92 Å². The van der Waals surface area contributed by atoms with Crippen LogP contribution in [0.15, 0.2) is 54.6 Å². The van der Waals surface area contributed by atoms with Crippen LogP contribution in [0.2, 0.25) is 0 Å². The molecule has 0 amide bonds. The Hall–Kier alpha value is -2.72. The zero-order chi connectivity index (χ0) is 22.5. The van der Waals surface area contributed by atoms with Gasteiger partial charge in [-0.1, -0.05) is 47.5 Å². The molecule has 0 aromatic heterocycles. The molecule has 160 valence electrons. The SMILES string of the molecule is Cc1ccc([C@@H]2C(=O)c3cc(C)cc(C)c3[C@H]2c2cc(C)cc(OP(=O)(O)O)c2)cc1. The lowest BCUT2D eigenvalue weighted by atomic mass is 9.80. The van der Waals surface area contributed by atoms with Gasteiger partial charge in [0.25, 0.3) is 0 Å². The van der Waals surface area contributed by atoms with Gasteiger partial charge in [0.2, 0.25) is 0 Å². The number of fused-ring (bicyclic) bond motifs is 1. The normalized spacial score (nSPS) is 18.2. The fourth-order valence-electron chi connectivity index (χ4n) is 4.70. The number of phosphoric ester groups is 1. The Morgan fingerprint density at radius 1 is 0.774 bits per heavy atom. The van der Waals surface area contributed by atoms with Gasteiger partial charge < -0.3 is 4.52 Å². The Kier molecular flexibility index (Phi) is 5.38. The quantitative estimate of drug-likeness (QED) is 0.528. The first-order valence-electron chi connectivity index (χ1n) is 10.1. The molecule has 0 radical (unpaired) electrons. The van der Waals surface area contributed by atoms with E-state index in [0.29, 0.717) is 5.56 Å². The Bertz CT molecular complexity index is 1220. The van der Waals surface area contributed by atoms with Crippen LogP contribution in [0.25, 0.3) is 0 Å². The van der Waals surface area contributed by atoms with Crippen molar-refractivity contribution in [2.75, 3.05) is 0 Å². The van der Waals surface area contributed by atoms with Crippen molar-refractivity contribution in [1.82, 2.24) is 0 Å². The van der Waals surface area contributed by atoms with Gasteiger partial charge in [0.15, 0.2) is 5.78 Å². The monoisotopic (exact) mass is 436 g/mol. The molecule has 6 heteroatoms. The van der Waals surface area contributed by atoms with Gasteiger partial charge in [-0.3, -0.25) is 14.6 Å². The molecule has 1 aliphatic rings. The third-order valence-electron chi connectivity index (χ3n) is 5.82. The highest BCUT2D eigenvalue weighted by Crippen LogP contribution is 2.50. The van der Waals surface area contributed by atoms with Crippen LogP contribution >= 0.6 is 7.82 Å². The molecule has 5 nitrogen and oxygen atoms in total. The lowest BCUT2D eigenvalue weighted by molar-refractivity contribution is 0.0968. The molecule has 2 atom stereocenters. The molecule has 3 aromatic carbocycles. The first kappa shape index (κ1) is 21.5. The summed E-state index contributed by atoms with van der Waals surface area (Å²) in [7, 11) is -4.70. The van der Waals surface area contributed by atoms with Gasteiger partial charge >= 0.3 is 7.82 Å². The number of rotatable bonds is 4. The third kappa shape index (κ3) is 4.22. The van der Waals surface area contributed by atoms with Crippen LogP contribution in [0.1, 0.15) is 61.1 Å². The molecule has 0 saturated carbocycles. The zero-order valence-corrected chi connectivity index (χ0v) is 18.8. The number of aryl methyl sites for hydroxylation is 4. The van der Waals surface area contributed by atoms with Gasteiger partial charge in [-0.05, 0) is 73.7 Å². The summed E-state index contributed by atoms with van der Waals surface area (Å²) in [4.78, 5) is 32.2. The Morgan fingerprint density at radius 3 is 2.06 bits per heavy atom. The van der Waals surface area contributed by atoms with E-state index in [2.05, 4.69) is 6.07 Å². The van der Waals surface area contributed by atoms with E-state index in [1.807, 2.05) is 64.1 Å². The maximum atomic E-state index is 13.6. The van der Waals surface area contributed by atoms with Crippen LogP contribution < -0.4 is 4.52 Å². The number of phosphoric acid groups is 1. The fourth-order valence-corrected chi connectivity index (χ4v) is 5.08. The average Bonchev–Trinajstić information content (AvgIpc) is 2.93. The van der Waals surface area contributed by atoms with Crippen molar-refractivity contribution in [1.29, 1.82) is 0 Å². The van der Waals surface area contributed by atoms with Crippen molar-refractivity contribution in [2.24, 2.45) is 0 Å². The molecular weight excluding hydrogens is 411 g/mol. The molecule has 3 aromatic rings. The predicted octanol–water partition coefficient (Wildman–Crippen LogP) is 5.50. The molecule has 0 fully saturated rings. The Labute approximate surface area is 182 Å². The van der Waals surface area contributed by atoms with Crippen molar-refractivity contribution in [2.45, 2.75) is 39.5 Å². The van der Waals surface area contributed by atoms with Gasteiger partial charge in [0, 0.05) is 11.5 Å². The third-order valence-corrected chi connectivity index (χ3v) is 6.27. The minimum atomic E-state index is -4.70. The van der Waals surface area contributed by atoms with E-state index in [0.717, 1.165) is 38.9 Å². The largest absolute Gasteiger partial charge is 0.524 e. The van der Waals surface area contributed by atoms with Crippen molar-refractivity contribution in [3.63, 3.8) is 0 Å². The summed E-state index contributed by atoms with van der Waals surface area (Å²) in [5.41, 5.74) is 7.38. The maximum Gasteiger partial charge on any atom is 0.524 e. The summed E-state index contributed by atoms with van der Waals surface area (Å²) in [5.74, 6) is -0.531. The van der Waals surface area contributed by atoms with E-state index >= 15 is 0 Å². The van der Waals surface area contributed by atoms with E-state index < -0.39 is 13.7 Å². The van der Waals surface area contributed by atoms with Crippen LogP contribution in [0.4, 0.5) is 0 Å². The van der Waals surface area contributed by atoms with Gasteiger partial charge in [-0.25, -0.2) is 4.57 Å². The Morgan fingerprint density at radius 2 is 1.42 bits per heavy atom. The number of ketones is 1. The lowest BCUT2D eigenvalue weighted by Crippen LogP contribution is -2.13.